The highest BCUT2D eigenvalue weighted by molar-refractivity contribution is 5.86. The van der Waals surface area contributed by atoms with Crippen LogP contribution in [0.5, 0.6) is 0 Å². The molecular formula is C48H42N2. The highest BCUT2D eigenvalue weighted by Crippen LogP contribution is 2.41. The molecule has 0 saturated carbocycles. The van der Waals surface area contributed by atoms with Gasteiger partial charge in [-0.05, 0) is 95.1 Å². The summed E-state index contributed by atoms with van der Waals surface area (Å²) in [6, 6.07) is 43.8. The fourth-order valence-corrected chi connectivity index (χ4v) is 6.62. The number of hydrogen-bond donors (Lipinski definition) is 0. The summed E-state index contributed by atoms with van der Waals surface area (Å²) in [6.07, 6.45) is 26.5. The normalized spacial score (nSPS) is 18.6. The molecule has 1 heterocycles. The van der Waals surface area contributed by atoms with Crippen molar-refractivity contribution >= 4 is 28.3 Å². The maximum absolute atomic E-state index is 4.52. The van der Waals surface area contributed by atoms with Crippen molar-refractivity contribution < 1.29 is 0 Å². The number of allylic oxidation sites excluding steroid dienone is 12. The zero-order valence-electron chi connectivity index (χ0n) is 28.6. The molecule has 0 radical (unpaired) electrons. The lowest BCUT2D eigenvalue weighted by Crippen LogP contribution is -2.16. The van der Waals surface area contributed by atoms with Crippen LogP contribution in [0.3, 0.4) is 0 Å². The van der Waals surface area contributed by atoms with E-state index in [-0.39, 0.29) is 0 Å². The van der Waals surface area contributed by atoms with Gasteiger partial charge < -0.3 is 9.80 Å². The van der Waals surface area contributed by atoms with Crippen molar-refractivity contribution in [1.82, 2.24) is 0 Å². The Morgan fingerprint density at radius 2 is 1.24 bits per heavy atom. The first-order valence-electron chi connectivity index (χ1n) is 17.4. The molecule has 0 fully saturated rings. The molecule has 0 bridgehead atoms. The Kier molecular flexibility index (Phi) is 9.99. The van der Waals surface area contributed by atoms with Gasteiger partial charge in [-0.2, -0.15) is 0 Å². The van der Waals surface area contributed by atoms with Gasteiger partial charge in [-0.25, -0.2) is 0 Å². The van der Waals surface area contributed by atoms with E-state index in [0.717, 1.165) is 53.3 Å². The van der Waals surface area contributed by atoms with Crippen molar-refractivity contribution in [2.24, 2.45) is 0 Å². The molecule has 0 spiro atoms. The molecule has 5 aromatic rings. The summed E-state index contributed by atoms with van der Waals surface area (Å²) in [5, 5.41) is 0. The number of anilines is 4. The lowest BCUT2D eigenvalue weighted by atomic mass is 9.97. The minimum atomic E-state index is 0.832. The van der Waals surface area contributed by atoms with Gasteiger partial charge >= 0.3 is 0 Å². The van der Waals surface area contributed by atoms with Crippen molar-refractivity contribution in [2.75, 3.05) is 16.8 Å². The maximum atomic E-state index is 4.52. The third-order valence-electron chi connectivity index (χ3n) is 9.35. The van der Waals surface area contributed by atoms with Crippen LogP contribution in [0.25, 0.3) is 27.8 Å². The van der Waals surface area contributed by atoms with Crippen LogP contribution < -0.4 is 9.80 Å². The zero-order valence-corrected chi connectivity index (χ0v) is 28.6. The summed E-state index contributed by atoms with van der Waals surface area (Å²) < 4.78 is 0. The number of nitrogens with zero attached hydrogens (tertiary/aromatic N) is 2. The van der Waals surface area contributed by atoms with Crippen LogP contribution in [-0.4, -0.2) is 7.05 Å². The molecule has 2 aliphatic rings. The Labute approximate surface area is 297 Å². The number of para-hydroxylation sites is 1. The van der Waals surface area contributed by atoms with E-state index in [1.54, 1.807) is 0 Å². The number of fused-ring (bicyclic) bond motifs is 1. The lowest BCUT2D eigenvalue weighted by molar-refractivity contribution is 1.16. The SMILES string of the molecule is C=C1/C=C\C=C/Cc2ccc(-c3ccccc3N(C)c3ccc(/C4=C/C=C\C/C=C\C=C/C4)cc3)cc2N1c1ccc(-c2ccccc2)cc1. The van der Waals surface area contributed by atoms with Gasteiger partial charge in [-0.1, -0.05) is 152 Å². The molecule has 50 heavy (non-hydrogen) atoms. The summed E-state index contributed by atoms with van der Waals surface area (Å²) >= 11 is 0. The van der Waals surface area contributed by atoms with E-state index in [1.165, 1.54) is 33.4 Å². The maximum Gasteiger partial charge on any atom is 0.0502 e. The van der Waals surface area contributed by atoms with Crippen LogP contribution in [0, 0.1) is 0 Å². The predicted octanol–water partition coefficient (Wildman–Crippen LogP) is 13.0. The fraction of sp³-hybridized carbons (Fsp3) is 0.0833. The van der Waals surface area contributed by atoms with Crippen LogP contribution in [0.1, 0.15) is 24.0 Å². The van der Waals surface area contributed by atoms with E-state index in [2.05, 4.69) is 212 Å². The molecule has 7 rings (SSSR count). The Hall–Kier alpha value is -6.12. The summed E-state index contributed by atoms with van der Waals surface area (Å²) in [6.45, 7) is 4.52. The van der Waals surface area contributed by atoms with E-state index < -0.39 is 0 Å². The zero-order chi connectivity index (χ0) is 34.1. The van der Waals surface area contributed by atoms with Crippen molar-refractivity contribution in [3.63, 3.8) is 0 Å². The first-order valence-corrected chi connectivity index (χ1v) is 17.4. The highest BCUT2D eigenvalue weighted by atomic mass is 15.1. The molecule has 0 unspecified atom stereocenters. The molecule has 5 aromatic carbocycles. The lowest BCUT2D eigenvalue weighted by Gasteiger charge is -2.29. The van der Waals surface area contributed by atoms with E-state index in [1.807, 2.05) is 0 Å². The number of hydrogen-bond acceptors (Lipinski definition) is 2. The number of rotatable bonds is 6. The van der Waals surface area contributed by atoms with Gasteiger partial charge in [0.05, 0.1) is 5.69 Å². The second kappa shape index (κ2) is 15.4. The van der Waals surface area contributed by atoms with Gasteiger partial charge in [0, 0.05) is 35.4 Å². The molecule has 0 atom stereocenters. The molecule has 0 saturated heterocycles. The molecule has 244 valence electrons. The molecule has 0 N–H and O–H groups in total. The second-order valence-corrected chi connectivity index (χ2v) is 12.6. The van der Waals surface area contributed by atoms with Crippen LogP contribution in [0.4, 0.5) is 22.7 Å². The van der Waals surface area contributed by atoms with Gasteiger partial charge in [-0.15, -0.1) is 0 Å². The quantitative estimate of drug-likeness (QED) is 0.181. The van der Waals surface area contributed by atoms with Crippen molar-refractivity contribution in [1.29, 1.82) is 0 Å². The van der Waals surface area contributed by atoms with E-state index in [0.29, 0.717) is 0 Å². The Morgan fingerprint density at radius 3 is 2.08 bits per heavy atom. The summed E-state index contributed by atoms with van der Waals surface area (Å²) in [5.74, 6) is 0. The van der Waals surface area contributed by atoms with Crippen molar-refractivity contribution in [3.8, 4) is 22.3 Å². The van der Waals surface area contributed by atoms with Gasteiger partial charge in [0.25, 0.3) is 0 Å². The molecule has 1 aliphatic carbocycles. The van der Waals surface area contributed by atoms with Crippen LogP contribution >= 0.6 is 0 Å². The average Bonchev–Trinajstić information content (AvgIpc) is 3.25. The smallest absolute Gasteiger partial charge is 0.0502 e. The summed E-state index contributed by atoms with van der Waals surface area (Å²) in [7, 11) is 2.16. The first kappa shape index (κ1) is 32.4. The molecule has 0 amide bonds. The first-order chi connectivity index (χ1) is 24.7. The van der Waals surface area contributed by atoms with Crippen molar-refractivity contribution in [3.05, 3.63) is 212 Å². The Balaban J connectivity index is 1.23. The van der Waals surface area contributed by atoms with Gasteiger partial charge in [-0.3, -0.25) is 0 Å². The van der Waals surface area contributed by atoms with Crippen LogP contribution in [-0.2, 0) is 6.42 Å². The van der Waals surface area contributed by atoms with E-state index in [9.17, 15) is 0 Å². The minimum absolute atomic E-state index is 0.832. The highest BCUT2D eigenvalue weighted by Gasteiger charge is 2.19. The average molecular weight is 647 g/mol. The topological polar surface area (TPSA) is 6.48 Å². The van der Waals surface area contributed by atoms with Gasteiger partial charge in [0.1, 0.15) is 0 Å². The molecule has 2 nitrogen and oxygen atoms in total. The fourth-order valence-electron chi connectivity index (χ4n) is 6.62. The second-order valence-electron chi connectivity index (χ2n) is 12.6. The summed E-state index contributed by atoms with van der Waals surface area (Å²) in [5.41, 5.74) is 14.0. The minimum Gasteiger partial charge on any atom is -0.344 e. The van der Waals surface area contributed by atoms with Crippen molar-refractivity contribution in [2.45, 2.75) is 19.3 Å². The third-order valence-corrected chi connectivity index (χ3v) is 9.35. The van der Waals surface area contributed by atoms with Gasteiger partial charge in [0.2, 0.25) is 0 Å². The molecule has 1 aliphatic heterocycles. The Bertz CT molecular complexity index is 2140. The van der Waals surface area contributed by atoms with Crippen LogP contribution in [0.15, 0.2) is 200 Å². The predicted molar refractivity (Wildman–Crippen MR) is 216 cm³/mol. The largest absolute Gasteiger partial charge is 0.344 e. The molecule has 2 heteroatoms. The Morgan fingerprint density at radius 1 is 0.580 bits per heavy atom. The van der Waals surface area contributed by atoms with Gasteiger partial charge in [0.15, 0.2) is 0 Å². The summed E-state index contributed by atoms with van der Waals surface area (Å²) in [4.78, 5) is 4.58. The molecular weight excluding hydrogens is 605 g/mol. The number of benzene rings is 5. The van der Waals surface area contributed by atoms with Crippen LogP contribution in [0.2, 0.25) is 0 Å². The standard InChI is InChI=1S/C48H42N2/c1-37-18-10-8-15-23-42-26-27-43(36-48(42)50(37)45-34-30-41(31-35-45)39-21-13-9-14-22-39)46-24-16-17-25-47(46)49(2)44-32-28-40(29-33-44)38-19-11-6-4-3-5-7-12-20-38/h3-4,6-18,20-22,24-36H,1,5,19,23H2,2H3/b4-3-,11-6-,12-7-,15-8-,18-10-,38-20+. The van der Waals surface area contributed by atoms with E-state index in [4.69, 9.17) is 0 Å². The van der Waals surface area contributed by atoms with E-state index >= 15 is 0 Å². The third kappa shape index (κ3) is 7.31. The molecule has 0 aromatic heterocycles. The monoisotopic (exact) mass is 646 g/mol.